The molecule has 3 aromatic rings. The molecule has 25 heavy (non-hydrogen) atoms. The molecular weight excluding hydrogens is 318 g/mol. The van der Waals surface area contributed by atoms with Crippen molar-refractivity contribution in [3.8, 4) is 0 Å². The van der Waals surface area contributed by atoms with Crippen molar-refractivity contribution in [2.75, 3.05) is 6.61 Å². The van der Waals surface area contributed by atoms with Crippen LogP contribution in [0.5, 0.6) is 0 Å². The molecule has 0 bridgehead atoms. The fraction of sp³-hybridized carbons (Fsp3) is 0.263. The van der Waals surface area contributed by atoms with Crippen molar-refractivity contribution in [2.24, 2.45) is 0 Å². The lowest BCUT2D eigenvalue weighted by atomic mass is 10.0. The van der Waals surface area contributed by atoms with Crippen LogP contribution < -0.4 is 11.0 Å². The van der Waals surface area contributed by atoms with Gasteiger partial charge in [0.2, 0.25) is 5.91 Å². The van der Waals surface area contributed by atoms with Crippen LogP contribution >= 0.6 is 0 Å². The van der Waals surface area contributed by atoms with E-state index in [2.05, 4.69) is 17.2 Å². The Morgan fingerprint density at radius 3 is 2.60 bits per heavy atom. The minimum atomic E-state index is -0.501. The Bertz CT molecular complexity index is 925. The first-order chi connectivity index (χ1) is 12.1. The molecule has 130 valence electrons. The van der Waals surface area contributed by atoms with Gasteiger partial charge >= 0.3 is 5.69 Å². The molecule has 0 aliphatic rings. The zero-order valence-electron chi connectivity index (χ0n) is 14.0. The number of aliphatic hydroxyl groups is 1. The Kier molecular flexibility index (Phi) is 5.00. The van der Waals surface area contributed by atoms with Gasteiger partial charge in [0.15, 0.2) is 0 Å². The molecule has 0 aliphatic carbocycles. The molecule has 0 fully saturated rings. The lowest BCUT2D eigenvalue weighted by molar-refractivity contribution is -0.122. The SMILES string of the molecule is CCc1ccc(C(CO)NC(=O)Cn2c(=O)[nH]c3ccccc32)cc1. The number of amides is 1. The number of aryl methyl sites for hydroxylation is 1. The maximum absolute atomic E-state index is 12.4. The summed E-state index contributed by atoms with van der Waals surface area (Å²) in [6, 6.07) is 14.5. The van der Waals surface area contributed by atoms with Crippen LogP contribution in [0.4, 0.5) is 0 Å². The largest absolute Gasteiger partial charge is 0.394 e. The number of para-hydroxylation sites is 2. The second-order valence-corrected chi connectivity index (χ2v) is 5.93. The fourth-order valence-electron chi connectivity index (χ4n) is 2.87. The molecule has 0 aliphatic heterocycles. The second-order valence-electron chi connectivity index (χ2n) is 5.93. The van der Waals surface area contributed by atoms with Crippen LogP contribution in [0.25, 0.3) is 11.0 Å². The van der Waals surface area contributed by atoms with E-state index in [0.29, 0.717) is 11.0 Å². The van der Waals surface area contributed by atoms with Crippen LogP contribution in [0, 0.1) is 0 Å². The molecule has 0 spiro atoms. The van der Waals surface area contributed by atoms with Gasteiger partial charge in [0, 0.05) is 0 Å². The average Bonchev–Trinajstić information content (AvgIpc) is 2.95. The van der Waals surface area contributed by atoms with Crippen molar-refractivity contribution in [1.82, 2.24) is 14.9 Å². The summed E-state index contributed by atoms with van der Waals surface area (Å²) in [4.78, 5) is 27.1. The van der Waals surface area contributed by atoms with Gasteiger partial charge in [0.25, 0.3) is 0 Å². The van der Waals surface area contributed by atoms with Crippen LogP contribution in [0.2, 0.25) is 0 Å². The Hall–Kier alpha value is -2.86. The number of aromatic nitrogens is 2. The molecule has 6 nitrogen and oxygen atoms in total. The van der Waals surface area contributed by atoms with Crippen molar-refractivity contribution in [2.45, 2.75) is 25.9 Å². The third kappa shape index (κ3) is 3.64. The molecule has 1 atom stereocenters. The Labute approximate surface area is 145 Å². The minimum absolute atomic E-state index is 0.105. The van der Waals surface area contributed by atoms with Crippen molar-refractivity contribution < 1.29 is 9.90 Å². The number of aromatic amines is 1. The predicted molar refractivity (Wildman–Crippen MR) is 96.3 cm³/mol. The van der Waals surface area contributed by atoms with Gasteiger partial charge in [-0.2, -0.15) is 0 Å². The van der Waals surface area contributed by atoms with E-state index in [-0.39, 0.29) is 24.7 Å². The molecule has 3 N–H and O–H groups in total. The van der Waals surface area contributed by atoms with E-state index in [9.17, 15) is 14.7 Å². The number of nitrogens with zero attached hydrogens (tertiary/aromatic N) is 1. The van der Waals surface area contributed by atoms with Gasteiger partial charge in [-0.15, -0.1) is 0 Å². The van der Waals surface area contributed by atoms with Gasteiger partial charge in [0.05, 0.1) is 23.7 Å². The molecule has 1 amide bonds. The quantitative estimate of drug-likeness (QED) is 0.639. The standard InChI is InChI=1S/C19H21N3O3/c1-2-13-7-9-14(10-8-13)16(12-23)20-18(24)11-22-17-6-4-3-5-15(17)21-19(22)25/h3-10,16,23H,2,11-12H2,1H3,(H,20,24)(H,21,25). The third-order valence-electron chi connectivity index (χ3n) is 4.29. The highest BCUT2D eigenvalue weighted by molar-refractivity contribution is 5.80. The highest BCUT2D eigenvalue weighted by Crippen LogP contribution is 2.14. The zero-order chi connectivity index (χ0) is 17.8. The summed E-state index contributed by atoms with van der Waals surface area (Å²) in [5.74, 6) is -0.328. The number of hydrogen-bond acceptors (Lipinski definition) is 3. The van der Waals surface area contributed by atoms with Gasteiger partial charge in [-0.3, -0.25) is 9.36 Å². The number of benzene rings is 2. The maximum Gasteiger partial charge on any atom is 0.326 e. The summed E-state index contributed by atoms with van der Waals surface area (Å²) in [7, 11) is 0. The van der Waals surface area contributed by atoms with E-state index in [1.54, 1.807) is 12.1 Å². The molecule has 1 heterocycles. The van der Waals surface area contributed by atoms with Crippen LogP contribution in [-0.4, -0.2) is 27.2 Å². The van der Waals surface area contributed by atoms with Crippen LogP contribution in [0.3, 0.4) is 0 Å². The summed E-state index contributed by atoms with van der Waals surface area (Å²) in [6.07, 6.45) is 0.930. The number of nitrogens with one attached hydrogen (secondary N) is 2. The monoisotopic (exact) mass is 339 g/mol. The van der Waals surface area contributed by atoms with Crippen molar-refractivity contribution in [3.63, 3.8) is 0 Å². The molecule has 0 saturated heterocycles. The predicted octanol–water partition coefficient (Wildman–Crippen LogP) is 1.74. The van der Waals surface area contributed by atoms with E-state index in [0.717, 1.165) is 12.0 Å². The van der Waals surface area contributed by atoms with E-state index < -0.39 is 6.04 Å². The number of H-pyrrole nitrogens is 1. The molecule has 2 aromatic carbocycles. The van der Waals surface area contributed by atoms with Crippen molar-refractivity contribution in [1.29, 1.82) is 0 Å². The average molecular weight is 339 g/mol. The lowest BCUT2D eigenvalue weighted by Gasteiger charge is -2.17. The number of carbonyl (C=O) groups excluding carboxylic acids is 1. The summed E-state index contributed by atoms with van der Waals surface area (Å²) in [6.45, 7) is 1.76. The number of aliphatic hydroxyl groups excluding tert-OH is 1. The molecule has 0 saturated carbocycles. The third-order valence-corrected chi connectivity index (χ3v) is 4.29. The van der Waals surface area contributed by atoms with Gasteiger partial charge in [-0.25, -0.2) is 4.79 Å². The highest BCUT2D eigenvalue weighted by atomic mass is 16.3. The number of carbonyl (C=O) groups is 1. The van der Waals surface area contributed by atoms with E-state index >= 15 is 0 Å². The first-order valence-corrected chi connectivity index (χ1v) is 8.29. The van der Waals surface area contributed by atoms with E-state index in [1.165, 1.54) is 10.1 Å². The normalized spacial score (nSPS) is 12.2. The maximum atomic E-state index is 12.4. The van der Waals surface area contributed by atoms with Gasteiger partial charge in [0.1, 0.15) is 6.54 Å². The summed E-state index contributed by atoms with van der Waals surface area (Å²) in [5, 5.41) is 12.4. The first kappa shape index (κ1) is 17.0. The number of imidazole rings is 1. The summed E-state index contributed by atoms with van der Waals surface area (Å²) >= 11 is 0. The minimum Gasteiger partial charge on any atom is -0.394 e. The highest BCUT2D eigenvalue weighted by Gasteiger charge is 2.16. The Balaban J connectivity index is 1.75. The van der Waals surface area contributed by atoms with Gasteiger partial charge < -0.3 is 15.4 Å². The van der Waals surface area contributed by atoms with E-state index in [4.69, 9.17) is 0 Å². The number of rotatable bonds is 6. The van der Waals surface area contributed by atoms with Gasteiger partial charge in [-0.1, -0.05) is 43.3 Å². The molecule has 0 radical (unpaired) electrons. The van der Waals surface area contributed by atoms with Crippen molar-refractivity contribution in [3.05, 3.63) is 70.1 Å². The molecule has 1 aromatic heterocycles. The molecule has 6 heteroatoms. The smallest absolute Gasteiger partial charge is 0.326 e. The Morgan fingerprint density at radius 2 is 1.92 bits per heavy atom. The Morgan fingerprint density at radius 1 is 1.20 bits per heavy atom. The summed E-state index contributed by atoms with van der Waals surface area (Å²) in [5.41, 5.74) is 3.06. The van der Waals surface area contributed by atoms with E-state index in [1.807, 2.05) is 36.4 Å². The number of fused-ring (bicyclic) bond motifs is 1. The van der Waals surface area contributed by atoms with Gasteiger partial charge in [-0.05, 0) is 29.7 Å². The van der Waals surface area contributed by atoms with Crippen LogP contribution in [0.15, 0.2) is 53.3 Å². The van der Waals surface area contributed by atoms with Crippen LogP contribution in [0.1, 0.15) is 24.1 Å². The molecule has 3 rings (SSSR count). The zero-order valence-corrected chi connectivity index (χ0v) is 14.0. The fourth-order valence-corrected chi connectivity index (χ4v) is 2.87. The lowest BCUT2D eigenvalue weighted by Crippen LogP contribution is -2.35. The number of hydrogen-bond donors (Lipinski definition) is 3. The first-order valence-electron chi connectivity index (χ1n) is 8.29. The van der Waals surface area contributed by atoms with Crippen molar-refractivity contribution >= 4 is 16.9 Å². The molecule has 1 unspecified atom stereocenters. The molecular formula is C19H21N3O3. The summed E-state index contributed by atoms with van der Waals surface area (Å²) < 4.78 is 1.39. The topological polar surface area (TPSA) is 87.1 Å². The van der Waals surface area contributed by atoms with Crippen LogP contribution in [-0.2, 0) is 17.8 Å². The second kappa shape index (κ2) is 7.36.